The molecule has 3 aromatic carbocycles. The first-order valence-electron chi connectivity index (χ1n) is 12.6. The molecule has 2 aliphatic rings. The van der Waals surface area contributed by atoms with E-state index in [-0.39, 0.29) is 54.8 Å². The molecule has 41 heavy (non-hydrogen) atoms. The van der Waals surface area contributed by atoms with Crippen molar-refractivity contribution in [3.63, 3.8) is 0 Å². The van der Waals surface area contributed by atoms with Crippen molar-refractivity contribution in [2.45, 2.75) is 18.6 Å². The number of benzene rings is 3. The third-order valence-electron chi connectivity index (χ3n) is 7.08. The van der Waals surface area contributed by atoms with Crippen molar-refractivity contribution in [1.82, 2.24) is 4.90 Å². The van der Waals surface area contributed by atoms with Gasteiger partial charge in [0.05, 0.1) is 30.8 Å². The summed E-state index contributed by atoms with van der Waals surface area (Å²) in [4.78, 5) is 21.3. The van der Waals surface area contributed by atoms with Crippen molar-refractivity contribution in [3.8, 4) is 5.75 Å². The maximum absolute atomic E-state index is 15.0. The molecule has 0 aliphatic carbocycles. The average Bonchev–Trinajstić information content (AvgIpc) is 2.94. The molecule has 0 bridgehead atoms. The normalized spacial score (nSPS) is 17.3. The Bertz CT molecular complexity index is 1500. The maximum Gasteiger partial charge on any atom is 0.416 e. The fourth-order valence-electron chi connectivity index (χ4n) is 5.12. The highest BCUT2D eigenvalue weighted by Gasteiger charge is 2.40. The third kappa shape index (κ3) is 5.48. The third-order valence-corrected chi connectivity index (χ3v) is 7.08. The van der Waals surface area contributed by atoms with Gasteiger partial charge in [0.2, 0.25) is 5.96 Å². The summed E-state index contributed by atoms with van der Waals surface area (Å²) in [5, 5.41) is 9.79. The first-order chi connectivity index (χ1) is 19.5. The van der Waals surface area contributed by atoms with E-state index in [0.717, 1.165) is 30.3 Å². The Balaban J connectivity index is 1.61. The van der Waals surface area contributed by atoms with Gasteiger partial charge in [-0.15, -0.1) is 0 Å². The van der Waals surface area contributed by atoms with E-state index in [0.29, 0.717) is 5.69 Å². The molecule has 0 aromatic heterocycles. The molecule has 1 unspecified atom stereocenters. The van der Waals surface area contributed by atoms with Gasteiger partial charge in [0.1, 0.15) is 17.3 Å². The number of nitrogens with zero attached hydrogens (tertiary/aromatic N) is 4. The zero-order valence-electron chi connectivity index (χ0n) is 21.6. The number of piperazine rings is 1. The number of ether oxygens (including phenoxy) is 1. The molecule has 13 heteroatoms. The topological polar surface area (TPSA) is 68.6 Å². The van der Waals surface area contributed by atoms with Gasteiger partial charge in [0.15, 0.2) is 11.6 Å². The van der Waals surface area contributed by atoms with Crippen molar-refractivity contribution in [2.75, 3.05) is 43.1 Å². The van der Waals surface area contributed by atoms with Gasteiger partial charge in [0, 0.05) is 43.5 Å². The van der Waals surface area contributed by atoms with Gasteiger partial charge >= 0.3 is 12.1 Å². The van der Waals surface area contributed by atoms with Crippen LogP contribution >= 0.6 is 0 Å². The quantitative estimate of drug-likeness (QED) is 0.376. The molecule has 3 aromatic rings. The highest BCUT2D eigenvalue weighted by atomic mass is 19.4. The number of carbonyl (C=O) groups is 1. The van der Waals surface area contributed by atoms with Crippen molar-refractivity contribution < 1.29 is 41.0 Å². The highest BCUT2D eigenvalue weighted by Crippen LogP contribution is 2.46. The van der Waals surface area contributed by atoms with Gasteiger partial charge in [-0.25, -0.2) is 18.2 Å². The molecule has 216 valence electrons. The first kappa shape index (κ1) is 28.1. The van der Waals surface area contributed by atoms with E-state index in [2.05, 4.69) is 4.99 Å². The Morgan fingerprint density at radius 1 is 0.951 bits per heavy atom. The molecule has 5 rings (SSSR count). The predicted molar refractivity (Wildman–Crippen MR) is 139 cm³/mol. The number of anilines is 2. The number of para-hydroxylation sites is 1. The summed E-state index contributed by atoms with van der Waals surface area (Å²) in [7, 11) is 1.27. The second-order valence-corrected chi connectivity index (χ2v) is 9.53. The van der Waals surface area contributed by atoms with Crippen molar-refractivity contribution in [2.24, 2.45) is 4.99 Å². The van der Waals surface area contributed by atoms with E-state index in [1.54, 1.807) is 9.80 Å². The lowest BCUT2D eigenvalue weighted by Crippen LogP contribution is -2.55. The fraction of sp³-hybridized carbons (Fsp3) is 0.286. The molecular formula is C28H24F6N4O3. The summed E-state index contributed by atoms with van der Waals surface area (Å²) in [6.07, 6.45) is -5.29. The van der Waals surface area contributed by atoms with Crippen molar-refractivity contribution in [3.05, 3.63) is 83.2 Å². The number of aliphatic carboxylic acids is 1. The minimum Gasteiger partial charge on any atom is -0.495 e. The van der Waals surface area contributed by atoms with Crippen LogP contribution < -0.4 is 14.5 Å². The monoisotopic (exact) mass is 578 g/mol. The highest BCUT2D eigenvalue weighted by molar-refractivity contribution is 6.02. The number of hydrogen-bond donors (Lipinski definition) is 1. The number of halogens is 6. The van der Waals surface area contributed by atoms with E-state index < -0.39 is 47.6 Å². The molecule has 1 saturated heterocycles. The summed E-state index contributed by atoms with van der Waals surface area (Å²) < 4.78 is 89.0. The van der Waals surface area contributed by atoms with Crippen LogP contribution in [0, 0.1) is 17.5 Å². The number of methoxy groups -OCH3 is 1. The van der Waals surface area contributed by atoms with Gasteiger partial charge in [-0.2, -0.15) is 13.2 Å². The van der Waals surface area contributed by atoms with Crippen LogP contribution in [-0.4, -0.2) is 55.2 Å². The van der Waals surface area contributed by atoms with Gasteiger partial charge < -0.3 is 24.5 Å². The maximum atomic E-state index is 15.0. The smallest absolute Gasteiger partial charge is 0.416 e. The molecule has 1 atom stereocenters. The SMILES string of the molecule is COc1ccc(C(F)(F)F)cc1N1C(N2CCN(c3ccc(F)c(F)c3)CC2)=Nc2c(F)cccc2C1CC(=O)O. The number of alkyl halides is 3. The Kier molecular flexibility index (Phi) is 7.45. The molecule has 1 N–H and O–H groups in total. The van der Waals surface area contributed by atoms with Crippen LogP contribution in [0.3, 0.4) is 0 Å². The van der Waals surface area contributed by atoms with Crippen LogP contribution in [0.1, 0.15) is 23.6 Å². The number of guanidine groups is 1. The standard InChI is InChI=1S/C28H24F6N4O3/c1-41-24-8-5-16(28(32,33)34)13-23(24)38-22(15-25(39)40)18-3-2-4-20(30)26(18)35-27(38)37-11-9-36(10-12-37)17-6-7-19(29)21(31)14-17/h2-8,13-14,22H,9-12,15H2,1H3,(H,39,40). The van der Waals surface area contributed by atoms with Crippen molar-refractivity contribution >= 4 is 29.0 Å². The minimum absolute atomic E-state index is 0.0290. The molecule has 0 amide bonds. The van der Waals surface area contributed by atoms with Crippen molar-refractivity contribution in [1.29, 1.82) is 0 Å². The van der Waals surface area contributed by atoms with Crippen LogP contribution in [0.2, 0.25) is 0 Å². The van der Waals surface area contributed by atoms with E-state index in [1.807, 2.05) is 0 Å². The summed E-state index contributed by atoms with van der Waals surface area (Å²) in [6, 6.07) is 9.25. The number of hydrogen-bond acceptors (Lipinski definition) is 6. The van der Waals surface area contributed by atoms with E-state index >= 15 is 4.39 Å². The Morgan fingerprint density at radius 2 is 1.66 bits per heavy atom. The Hall–Kier alpha value is -4.42. The molecule has 2 aliphatic heterocycles. The Labute approximate surface area is 230 Å². The second kappa shape index (κ2) is 10.9. The average molecular weight is 579 g/mol. The van der Waals surface area contributed by atoms with Crippen LogP contribution in [0.25, 0.3) is 0 Å². The van der Waals surface area contributed by atoms with Gasteiger partial charge in [0.25, 0.3) is 0 Å². The lowest BCUT2D eigenvalue weighted by atomic mass is 9.96. The first-order valence-corrected chi connectivity index (χ1v) is 12.6. The number of carboxylic acids is 1. The number of carboxylic acid groups (broad SMARTS) is 1. The number of rotatable bonds is 5. The molecule has 1 fully saturated rings. The largest absolute Gasteiger partial charge is 0.495 e. The summed E-state index contributed by atoms with van der Waals surface area (Å²) >= 11 is 0. The minimum atomic E-state index is -4.71. The number of aliphatic imine (C=N–C) groups is 1. The lowest BCUT2D eigenvalue weighted by Gasteiger charge is -2.45. The number of fused-ring (bicyclic) bond motifs is 1. The van der Waals surface area contributed by atoms with Crippen LogP contribution in [0.4, 0.5) is 43.4 Å². The zero-order chi connectivity index (χ0) is 29.5. The van der Waals surface area contributed by atoms with Gasteiger partial charge in [-0.1, -0.05) is 12.1 Å². The molecule has 0 radical (unpaired) electrons. The molecule has 7 nitrogen and oxygen atoms in total. The molecule has 0 spiro atoms. The summed E-state index contributed by atoms with van der Waals surface area (Å²) in [5.41, 5.74) is -0.569. The van der Waals surface area contributed by atoms with Crippen LogP contribution in [0.5, 0.6) is 5.75 Å². The van der Waals surface area contributed by atoms with Gasteiger partial charge in [-0.3, -0.25) is 4.79 Å². The molecule has 2 heterocycles. The summed E-state index contributed by atoms with van der Waals surface area (Å²) in [6.45, 7) is 0.981. The molecule has 0 saturated carbocycles. The van der Waals surface area contributed by atoms with Crippen LogP contribution in [-0.2, 0) is 11.0 Å². The Morgan fingerprint density at radius 3 is 2.29 bits per heavy atom. The van der Waals surface area contributed by atoms with E-state index in [1.165, 1.54) is 36.3 Å². The summed E-state index contributed by atoms with van der Waals surface area (Å²) in [5.74, 6) is -3.90. The zero-order valence-corrected chi connectivity index (χ0v) is 21.6. The second-order valence-electron chi connectivity index (χ2n) is 9.53. The van der Waals surface area contributed by atoms with Gasteiger partial charge in [-0.05, 0) is 36.4 Å². The lowest BCUT2D eigenvalue weighted by molar-refractivity contribution is -0.138. The molecular weight excluding hydrogens is 554 g/mol. The van der Waals surface area contributed by atoms with Crippen LogP contribution in [0.15, 0.2) is 59.6 Å². The van der Waals surface area contributed by atoms with E-state index in [9.17, 15) is 31.9 Å². The predicted octanol–water partition coefficient (Wildman–Crippen LogP) is 5.98. The van der Waals surface area contributed by atoms with E-state index in [4.69, 9.17) is 4.74 Å². The fourth-order valence-corrected chi connectivity index (χ4v) is 5.12.